The first-order valence-electron chi connectivity index (χ1n) is 2.75. The van der Waals surface area contributed by atoms with Crippen LogP contribution in [0.3, 0.4) is 0 Å². The number of hydrogen-bond donors (Lipinski definition) is 0. The molecule has 0 amide bonds. The van der Waals surface area contributed by atoms with E-state index < -0.39 is 13.0 Å². The summed E-state index contributed by atoms with van der Waals surface area (Å²) in [7, 11) is -3.04. The summed E-state index contributed by atoms with van der Waals surface area (Å²) < 4.78 is 21.0. The SMILES string of the molecule is CCC(C)(C)S(=O)(=O)Br. The molecule has 0 fully saturated rings. The standard InChI is InChI=1S/C5H11BrO2S/c1-4-5(2,3)9(6,7)8/h4H2,1-3H3. The van der Waals surface area contributed by atoms with Gasteiger partial charge in [0.25, 0.3) is 0 Å². The molecule has 0 N–H and O–H groups in total. The van der Waals surface area contributed by atoms with Crippen molar-refractivity contribution in [1.82, 2.24) is 0 Å². The minimum absolute atomic E-state index is 0.626. The van der Waals surface area contributed by atoms with Crippen molar-refractivity contribution >= 4 is 23.1 Å². The van der Waals surface area contributed by atoms with Crippen LogP contribution < -0.4 is 0 Å². The second-order valence-corrected chi connectivity index (χ2v) is 7.09. The van der Waals surface area contributed by atoms with Crippen molar-refractivity contribution in [1.29, 1.82) is 0 Å². The van der Waals surface area contributed by atoms with E-state index in [2.05, 4.69) is 14.8 Å². The van der Waals surface area contributed by atoms with Crippen LogP contribution in [0.5, 0.6) is 0 Å². The summed E-state index contributed by atoms with van der Waals surface area (Å²) >= 11 is 2.63. The van der Waals surface area contributed by atoms with Gasteiger partial charge in [-0.25, -0.2) is 8.42 Å². The molecular weight excluding hydrogens is 204 g/mol. The minimum atomic E-state index is -3.04. The van der Waals surface area contributed by atoms with Gasteiger partial charge in [0, 0.05) is 0 Å². The lowest BCUT2D eigenvalue weighted by atomic mass is 10.1. The van der Waals surface area contributed by atoms with Crippen LogP contribution in [0.2, 0.25) is 0 Å². The van der Waals surface area contributed by atoms with E-state index in [1.807, 2.05) is 6.92 Å². The lowest BCUT2D eigenvalue weighted by Gasteiger charge is -2.17. The van der Waals surface area contributed by atoms with E-state index in [0.29, 0.717) is 6.42 Å². The molecule has 4 heteroatoms. The van der Waals surface area contributed by atoms with Crippen molar-refractivity contribution in [2.75, 3.05) is 0 Å². The van der Waals surface area contributed by atoms with Crippen LogP contribution >= 0.6 is 14.8 Å². The highest BCUT2D eigenvalue weighted by atomic mass is 79.9. The highest BCUT2D eigenvalue weighted by Crippen LogP contribution is 2.25. The van der Waals surface area contributed by atoms with E-state index >= 15 is 0 Å². The van der Waals surface area contributed by atoms with Crippen LogP contribution in [-0.4, -0.2) is 13.2 Å². The molecule has 0 aliphatic heterocycles. The molecule has 0 aromatic heterocycles. The van der Waals surface area contributed by atoms with Gasteiger partial charge in [0.2, 0.25) is 8.27 Å². The van der Waals surface area contributed by atoms with Gasteiger partial charge in [0.1, 0.15) is 0 Å². The van der Waals surface area contributed by atoms with Crippen LogP contribution in [0, 0.1) is 0 Å². The van der Waals surface area contributed by atoms with Gasteiger partial charge in [-0.1, -0.05) is 6.92 Å². The van der Waals surface area contributed by atoms with Crippen LogP contribution in [-0.2, 0) is 8.27 Å². The van der Waals surface area contributed by atoms with Gasteiger partial charge in [0.05, 0.1) is 19.6 Å². The van der Waals surface area contributed by atoms with Crippen molar-refractivity contribution in [3.8, 4) is 0 Å². The number of rotatable bonds is 2. The summed E-state index contributed by atoms with van der Waals surface area (Å²) in [5.74, 6) is 0. The molecule has 0 atom stereocenters. The Hall–Kier alpha value is 0.430. The molecule has 0 radical (unpaired) electrons. The summed E-state index contributed by atoms with van der Waals surface area (Å²) in [4.78, 5) is 0. The molecule has 2 nitrogen and oxygen atoms in total. The molecule has 0 aliphatic carbocycles. The van der Waals surface area contributed by atoms with Crippen LogP contribution in [0.4, 0.5) is 0 Å². The molecule has 0 spiro atoms. The molecule has 0 aromatic carbocycles. The quantitative estimate of drug-likeness (QED) is 0.659. The van der Waals surface area contributed by atoms with E-state index in [-0.39, 0.29) is 0 Å². The fraction of sp³-hybridized carbons (Fsp3) is 1.00. The zero-order chi connectivity index (χ0) is 7.71. The summed E-state index contributed by atoms with van der Waals surface area (Å²) in [5.41, 5.74) is 0. The van der Waals surface area contributed by atoms with E-state index in [0.717, 1.165) is 0 Å². The lowest BCUT2D eigenvalue weighted by Crippen LogP contribution is -2.25. The Bertz CT molecular complexity index is 181. The number of hydrogen-bond acceptors (Lipinski definition) is 2. The van der Waals surface area contributed by atoms with Gasteiger partial charge in [-0.3, -0.25) is 0 Å². The van der Waals surface area contributed by atoms with Crippen molar-refractivity contribution in [2.45, 2.75) is 31.9 Å². The average Bonchev–Trinajstić information content (AvgIpc) is 1.64. The maximum atomic E-state index is 10.8. The summed E-state index contributed by atoms with van der Waals surface area (Å²) in [6, 6.07) is 0. The molecule has 0 bridgehead atoms. The molecule has 0 aromatic rings. The van der Waals surface area contributed by atoms with E-state index in [1.54, 1.807) is 13.8 Å². The van der Waals surface area contributed by atoms with Gasteiger partial charge < -0.3 is 0 Å². The second kappa shape index (κ2) is 2.58. The largest absolute Gasteiger partial charge is 0.217 e. The van der Waals surface area contributed by atoms with Crippen LogP contribution in [0.15, 0.2) is 0 Å². The average molecular weight is 215 g/mol. The minimum Gasteiger partial charge on any atom is -0.217 e. The fourth-order valence-electron chi connectivity index (χ4n) is 0.172. The monoisotopic (exact) mass is 214 g/mol. The molecular formula is C5H11BrO2S. The summed E-state index contributed by atoms with van der Waals surface area (Å²) in [5, 5.41) is 0. The van der Waals surface area contributed by atoms with Gasteiger partial charge in [0.15, 0.2) is 0 Å². The molecule has 0 unspecified atom stereocenters. The number of halogens is 1. The maximum Gasteiger partial charge on any atom is 0.214 e. The molecule has 0 saturated heterocycles. The summed E-state index contributed by atoms with van der Waals surface area (Å²) in [6.45, 7) is 5.23. The van der Waals surface area contributed by atoms with Crippen molar-refractivity contribution < 1.29 is 8.42 Å². The first-order chi connectivity index (χ1) is 3.81. The third-order valence-corrected chi connectivity index (χ3v) is 5.75. The second-order valence-electron chi connectivity index (χ2n) is 2.55. The van der Waals surface area contributed by atoms with Crippen molar-refractivity contribution in [3.63, 3.8) is 0 Å². The van der Waals surface area contributed by atoms with Crippen LogP contribution in [0.1, 0.15) is 27.2 Å². The van der Waals surface area contributed by atoms with E-state index in [9.17, 15) is 8.42 Å². The normalized spacial score (nSPS) is 13.8. The van der Waals surface area contributed by atoms with E-state index in [4.69, 9.17) is 0 Å². The highest BCUT2D eigenvalue weighted by Gasteiger charge is 2.29. The Balaban J connectivity index is 4.56. The third kappa shape index (κ3) is 2.26. The Morgan fingerprint density at radius 3 is 1.78 bits per heavy atom. The lowest BCUT2D eigenvalue weighted by molar-refractivity contribution is 0.555. The summed E-state index contributed by atoms with van der Waals surface area (Å²) in [6.07, 6.45) is 0.626. The van der Waals surface area contributed by atoms with E-state index in [1.165, 1.54) is 0 Å². The zero-order valence-corrected chi connectivity index (χ0v) is 8.21. The molecule has 0 heterocycles. The van der Waals surface area contributed by atoms with Gasteiger partial charge >= 0.3 is 0 Å². The Labute approximate surface area is 63.8 Å². The maximum absolute atomic E-state index is 10.8. The smallest absolute Gasteiger partial charge is 0.214 e. The zero-order valence-electron chi connectivity index (χ0n) is 5.81. The molecule has 0 saturated carbocycles. The predicted octanol–water partition coefficient (Wildman–Crippen LogP) is 1.90. The molecule has 56 valence electrons. The molecule has 0 aliphatic rings. The Morgan fingerprint density at radius 1 is 1.44 bits per heavy atom. The van der Waals surface area contributed by atoms with Gasteiger partial charge in [-0.2, -0.15) is 0 Å². The van der Waals surface area contributed by atoms with Gasteiger partial charge in [-0.15, -0.1) is 0 Å². The first-order valence-corrected chi connectivity index (χ1v) is 6.08. The Morgan fingerprint density at radius 2 is 1.78 bits per heavy atom. The molecule has 0 rings (SSSR count). The van der Waals surface area contributed by atoms with Crippen molar-refractivity contribution in [3.05, 3.63) is 0 Å². The topological polar surface area (TPSA) is 34.1 Å². The Kier molecular flexibility index (Phi) is 2.70. The van der Waals surface area contributed by atoms with Gasteiger partial charge in [-0.05, 0) is 20.3 Å². The fourth-order valence-corrected chi connectivity index (χ4v) is 1.20. The molecule has 9 heavy (non-hydrogen) atoms. The third-order valence-electron chi connectivity index (χ3n) is 1.51. The first kappa shape index (κ1) is 9.43. The highest BCUT2D eigenvalue weighted by molar-refractivity contribution is 9.47. The van der Waals surface area contributed by atoms with Crippen LogP contribution in [0.25, 0.3) is 0 Å². The van der Waals surface area contributed by atoms with Crippen molar-refractivity contribution in [2.24, 2.45) is 0 Å². The predicted molar refractivity (Wildman–Crippen MR) is 42.2 cm³/mol.